The van der Waals surface area contributed by atoms with Crippen LogP contribution in [0, 0.1) is 5.92 Å². The first-order valence-corrected chi connectivity index (χ1v) is 7.74. The third-order valence-electron chi connectivity index (χ3n) is 4.51. The maximum Gasteiger partial charge on any atom is 0.317 e. The quantitative estimate of drug-likeness (QED) is 0.827. The molecule has 1 aliphatic heterocycles. The third kappa shape index (κ3) is 3.59. The summed E-state index contributed by atoms with van der Waals surface area (Å²) in [5, 5.41) is 16.7. The lowest BCUT2D eigenvalue weighted by Crippen LogP contribution is -2.47. The van der Waals surface area contributed by atoms with Gasteiger partial charge in [0.1, 0.15) is 0 Å². The van der Waals surface area contributed by atoms with Crippen LogP contribution in [-0.2, 0) is 7.05 Å². The Bertz CT molecular complexity index is 502. The average Bonchev–Trinajstić information content (AvgIpc) is 3.04. The van der Waals surface area contributed by atoms with Gasteiger partial charge in [-0.2, -0.15) is 5.10 Å². The van der Waals surface area contributed by atoms with Gasteiger partial charge in [0, 0.05) is 31.9 Å². The summed E-state index contributed by atoms with van der Waals surface area (Å²) >= 11 is 0. The van der Waals surface area contributed by atoms with Crippen molar-refractivity contribution in [3.05, 3.63) is 18.0 Å². The molecule has 22 heavy (non-hydrogen) atoms. The van der Waals surface area contributed by atoms with Crippen LogP contribution in [0.25, 0.3) is 0 Å². The number of hydrogen-bond acceptors (Lipinski definition) is 4. The van der Waals surface area contributed by atoms with E-state index in [1.165, 1.54) is 0 Å². The predicted octanol–water partition coefficient (Wildman–Crippen LogP) is 0.435. The highest BCUT2D eigenvalue weighted by Gasteiger charge is 2.34. The molecule has 2 heterocycles. The van der Waals surface area contributed by atoms with E-state index in [1.54, 1.807) is 9.58 Å². The number of nitrogens with one attached hydrogen (secondary N) is 1. The van der Waals surface area contributed by atoms with Gasteiger partial charge in [0.05, 0.1) is 24.9 Å². The van der Waals surface area contributed by atoms with Crippen molar-refractivity contribution in [1.29, 1.82) is 0 Å². The van der Waals surface area contributed by atoms with E-state index in [2.05, 4.69) is 22.2 Å². The Balaban J connectivity index is 1.96. The number of carbonyl (C=O) groups excluding carboxylic acids is 1. The van der Waals surface area contributed by atoms with Crippen LogP contribution in [0.1, 0.15) is 24.9 Å². The van der Waals surface area contributed by atoms with Gasteiger partial charge in [0.15, 0.2) is 0 Å². The van der Waals surface area contributed by atoms with E-state index in [-0.39, 0.29) is 24.7 Å². The standard InChI is InChI=1S/C15H27N5O2/c1-11-5-6-20(14(11)10-21)15(22)16-8-13(18(2)3)12-7-17-19(4)9-12/h7,9,11,13-14,21H,5-6,8,10H2,1-4H3,(H,16,22)/t11-,13+,14-/m1/s1. The number of aliphatic hydroxyl groups excluding tert-OH is 1. The van der Waals surface area contributed by atoms with Crippen LogP contribution in [0.4, 0.5) is 4.79 Å². The lowest BCUT2D eigenvalue weighted by molar-refractivity contribution is 0.142. The first kappa shape index (κ1) is 16.8. The maximum absolute atomic E-state index is 12.4. The molecule has 0 radical (unpaired) electrons. The summed E-state index contributed by atoms with van der Waals surface area (Å²) < 4.78 is 1.76. The number of rotatable bonds is 5. The molecule has 1 saturated heterocycles. The largest absolute Gasteiger partial charge is 0.394 e. The molecule has 0 saturated carbocycles. The van der Waals surface area contributed by atoms with Crippen LogP contribution in [0.15, 0.2) is 12.4 Å². The number of hydrogen-bond donors (Lipinski definition) is 2. The van der Waals surface area contributed by atoms with Gasteiger partial charge in [-0.05, 0) is 26.4 Å². The molecule has 0 aromatic carbocycles. The van der Waals surface area contributed by atoms with Crippen LogP contribution in [0.5, 0.6) is 0 Å². The molecule has 0 bridgehead atoms. The number of urea groups is 1. The Kier molecular flexibility index (Phi) is 5.42. The molecule has 0 aliphatic carbocycles. The minimum Gasteiger partial charge on any atom is -0.394 e. The number of aliphatic hydroxyl groups is 1. The van der Waals surface area contributed by atoms with E-state index in [0.29, 0.717) is 19.0 Å². The van der Waals surface area contributed by atoms with Crippen molar-refractivity contribution in [2.24, 2.45) is 13.0 Å². The zero-order chi connectivity index (χ0) is 16.3. The van der Waals surface area contributed by atoms with Crippen LogP contribution in [0.3, 0.4) is 0 Å². The van der Waals surface area contributed by atoms with Crippen molar-refractivity contribution in [1.82, 2.24) is 24.9 Å². The van der Waals surface area contributed by atoms with Crippen molar-refractivity contribution in [2.75, 3.05) is 33.8 Å². The summed E-state index contributed by atoms with van der Waals surface area (Å²) in [6, 6.07) is -0.0967. The molecule has 1 aromatic rings. The lowest BCUT2D eigenvalue weighted by atomic mass is 10.0. The molecule has 0 spiro atoms. The fourth-order valence-electron chi connectivity index (χ4n) is 3.04. The van der Waals surface area contributed by atoms with E-state index in [0.717, 1.165) is 12.0 Å². The van der Waals surface area contributed by atoms with E-state index in [4.69, 9.17) is 0 Å². The lowest BCUT2D eigenvalue weighted by Gasteiger charge is -2.28. The van der Waals surface area contributed by atoms with Gasteiger partial charge >= 0.3 is 6.03 Å². The second-order valence-corrected chi connectivity index (χ2v) is 6.32. The molecular formula is C15H27N5O2. The van der Waals surface area contributed by atoms with Crippen LogP contribution < -0.4 is 5.32 Å². The highest BCUT2D eigenvalue weighted by molar-refractivity contribution is 5.75. The number of aryl methyl sites for hydroxylation is 1. The van der Waals surface area contributed by atoms with Crippen LogP contribution in [0.2, 0.25) is 0 Å². The third-order valence-corrected chi connectivity index (χ3v) is 4.51. The van der Waals surface area contributed by atoms with E-state index < -0.39 is 0 Å². The number of likely N-dealkylation sites (N-methyl/N-ethyl adjacent to an activating group) is 1. The second kappa shape index (κ2) is 7.11. The molecule has 1 aromatic heterocycles. The molecule has 3 atom stereocenters. The Morgan fingerprint density at radius 3 is 2.86 bits per heavy atom. The minimum absolute atomic E-state index is 0.0221. The molecule has 2 amide bonds. The van der Waals surface area contributed by atoms with Crippen molar-refractivity contribution in [2.45, 2.75) is 25.4 Å². The molecule has 1 aliphatic rings. The summed E-state index contributed by atoms with van der Waals surface area (Å²) in [4.78, 5) is 16.2. The molecule has 2 rings (SSSR count). The number of amides is 2. The summed E-state index contributed by atoms with van der Waals surface area (Å²) in [6.45, 7) is 3.32. The van der Waals surface area contributed by atoms with E-state index in [1.807, 2.05) is 33.5 Å². The summed E-state index contributed by atoms with van der Waals surface area (Å²) in [6.07, 6.45) is 4.73. The molecule has 2 N–H and O–H groups in total. The van der Waals surface area contributed by atoms with Gasteiger partial charge in [-0.25, -0.2) is 4.79 Å². The zero-order valence-corrected chi connectivity index (χ0v) is 13.9. The Labute approximate surface area is 131 Å². The Hall–Kier alpha value is -1.60. The van der Waals surface area contributed by atoms with Crippen molar-refractivity contribution in [3.8, 4) is 0 Å². The highest BCUT2D eigenvalue weighted by Crippen LogP contribution is 2.23. The molecule has 7 nitrogen and oxygen atoms in total. The maximum atomic E-state index is 12.4. The zero-order valence-electron chi connectivity index (χ0n) is 13.9. The van der Waals surface area contributed by atoms with Gasteiger partial charge < -0.3 is 20.2 Å². The SMILES string of the molecule is C[C@@H]1CCN(C(=O)NC[C@@H](c2cnn(C)c2)N(C)C)[C@@H]1CO. The van der Waals surface area contributed by atoms with Gasteiger partial charge in [-0.1, -0.05) is 6.92 Å². The number of likely N-dealkylation sites (tertiary alicyclic amines) is 1. The molecule has 1 fully saturated rings. The van der Waals surface area contributed by atoms with E-state index in [9.17, 15) is 9.90 Å². The summed E-state index contributed by atoms with van der Waals surface area (Å²) in [5.74, 6) is 0.346. The number of nitrogens with zero attached hydrogens (tertiary/aromatic N) is 4. The van der Waals surface area contributed by atoms with E-state index >= 15 is 0 Å². The average molecular weight is 309 g/mol. The van der Waals surface area contributed by atoms with Gasteiger partial charge in [0.2, 0.25) is 0 Å². The normalized spacial score (nSPS) is 23.1. The molecular weight excluding hydrogens is 282 g/mol. The fraction of sp³-hybridized carbons (Fsp3) is 0.733. The molecule has 7 heteroatoms. The summed E-state index contributed by atoms with van der Waals surface area (Å²) in [5.41, 5.74) is 1.07. The predicted molar refractivity (Wildman–Crippen MR) is 84.4 cm³/mol. The number of carbonyl (C=O) groups is 1. The minimum atomic E-state index is -0.0980. The number of aromatic nitrogens is 2. The monoisotopic (exact) mass is 309 g/mol. The summed E-state index contributed by atoms with van der Waals surface area (Å²) in [7, 11) is 5.85. The highest BCUT2D eigenvalue weighted by atomic mass is 16.3. The van der Waals surface area contributed by atoms with Gasteiger partial charge in [-0.3, -0.25) is 4.68 Å². The molecule has 0 unspecified atom stereocenters. The smallest absolute Gasteiger partial charge is 0.317 e. The Morgan fingerprint density at radius 2 is 2.32 bits per heavy atom. The van der Waals surface area contributed by atoms with Gasteiger partial charge in [-0.15, -0.1) is 0 Å². The van der Waals surface area contributed by atoms with Crippen molar-refractivity contribution >= 4 is 6.03 Å². The van der Waals surface area contributed by atoms with Crippen LogP contribution in [-0.4, -0.2) is 70.6 Å². The first-order chi connectivity index (χ1) is 10.4. The van der Waals surface area contributed by atoms with Gasteiger partial charge in [0.25, 0.3) is 0 Å². The fourth-order valence-corrected chi connectivity index (χ4v) is 3.04. The van der Waals surface area contributed by atoms with Crippen LogP contribution >= 0.6 is 0 Å². The Morgan fingerprint density at radius 1 is 1.59 bits per heavy atom. The van der Waals surface area contributed by atoms with Crippen molar-refractivity contribution in [3.63, 3.8) is 0 Å². The first-order valence-electron chi connectivity index (χ1n) is 7.74. The van der Waals surface area contributed by atoms with Crippen molar-refractivity contribution < 1.29 is 9.90 Å². The second-order valence-electron chi connectivity index (χ2n) is 6.32. The topological polar surface area (TPSA) is 73.6 Å². The molecule has 124 valence electrons.